The van der Waals surface area contributed by atoms with Crippen LogP contribution in [0.15, 0.2) is 83.1 Å². The lowest BCUT2D eigenvalue weighted by molar-refractivity contribution is -0.139. The van der Waals surface area contributed by atoms with Gasteiger partial charge in [-0.3, -0.25) is 4.79 Å². The number of thiocarbonyl (C=S) groups is 1. The summed E-state index contributed by atoms with van der Waals surface area (Å²) in [5.74, 6) is -0.896. The number of carbonyl (C=O) groups is 3. The van der Waals surface area contributed by atoms with Crippen molar-refractivity contribution in [3.05, 3.63) is 104 Å². The smallest absolute Gasteiger partial charge is 0.338 e. The summed E-state index contributed by atoms with van der Waals surface area (Å²) in [7, 11) is 0. The van der Waals surface area contributed by atoms with Crippen LogP contribution in [0.2, 0.25) is 0 Å². The maximum Gasteiger partial charge on any atom is 0.338 e. The molecule has 0 fully saturated rings. The Hall–Kier alpha value is -4.50. The average Bonchev–Trinajstić information content (AvgIpc) is 2.99. The predicted octanol–water partition coefficient (Wildman–Crippen LogP) is 4.45. The summed E-state index contributed by atoms with van der Waals surface area (Å²) in [6, 6.07) is 18.3. The van der Waals surface area contributed by atoms with Crippen LogP contribution in [0, 0.1) is 3.57 Å². The molecule has 1 amide bonds. The van der Waals surface area contributed by atoms with E-state index in [9.17, 15) is 14.4 Å². The van der Waals surface area contributed by atoms with Crippen molar-refractivity contribution in [2.24, 2.45) is 5.10 Å². The van der Waals surface area contributed by atoms with Crippen molar-refractivity contribution >= 4 is 64.0 Å². The summed E-state index contributed by atoms with van der Waals surface area (Å²) < 4.78 is 17.8. The van der Waals surface area contributed by atoms with Gasteiger partial charge in [0.2, 0.25) is 0 Å². The first-order chi connectivity index (χ1) is 21.2. The molecule has 1 aliphatic rings. The first-order valence-electron chi connectivity index (χ1n) is 13.4. The molecule has 0 saturated carbocycles. The van der Waals surface area contributed by atoms with Crippen molar-refractivity contribution in [1.82, 2.24) is 16.1 Å². The molecular weight excluding hydrogens is 699 g/mol. The fraction of sp³-hybridized carbons (Fsp3) is 0.194. The van der Waals surface area contributed by atoms with Gasteiger partial charge in [0.15, 0.2) is 11.7 Å². The molecule has 11 nitrogen and oxygen atoms in total. The average molecular weight is 729 g/mol. The number of nitrogens with one attached hydrogen (secondary N) is 3. The van der Waals surface area contributed by atoms with Crippen LogP contribution in [0.4, 0.5) is 0 Å². The predicted molar refractivity (Wildman–Crippen MR) is 176 cm³/mol. The van der Waals surface area contributed by atoms with E-state index in [1.807, 2.05) is 6.07 Å². The molecule has 1 aliphatic heterocycles. The third-order valence-electron chi connectivity index (χ3n) is 6.31. The van der Waals surface area contributed by atoms with Crippen molar-refractivity contribution in [2.45, 2.75) is 26.5 Å². The van der Waals surface area contributed by atoms with Crippen LogP contribution in [-0.4, -0.2) is 47.5 Å². The van der Waals surface area contributed by atoms with Gasteiger partial charge in [0.1, 0.15) is 18.1 Å². The summed E-state index contributed by atoms with van der Waals surface area (Å²) in [6.07, 6.45) is 1.50. The third-order valence-corrected chi connectivity index (χ3v) is 7.37. The number of benzene rings is 3. The van der Waals surface area contributed by atoms with E-state index in [0.717, 1.165) is 14.7 Å². The number of esters is 1. The van der Waals surface area contributed by atoms with E-state index >= 15 is 0 Å². The molecule has 3 aromatic rings. The van der Waals surface area contributed by atoms with Crippen molar-refractivity contribution in [2.75, 3.05) is 13.2 Å². The van der Waals surface area contributed by atoms with E-state index in [4.69, 9.17) is 31.5 Å². The van der Waals surface area contributed by atoms with Gasteiger partial charge in [0.05, 0.1) is 33.6 Å². The minimum atomic E-state index is -0.979. The Labute approximate surface area is 272 Å². The lowest BCUT2D eigenvalue weighted by Gasteiger charge is -2.30. The number of aromatic carboxylic acids is 1. The molecule has 44 heavy (non-hydrogen) atoms. The molecule has 0 radical (unpaired) electrons. The number of hydrogen-bond acceptors (Lipinski definition) is 8. The fourth-order valence-corrected chi connectivity index (χ4v) is 5.20. The number of nitrogens with zero attached hydrogens (tertiary/aromatic N) is 1. The molecule has 228 valence electrons. The first-order valence-corrected chi connectivity index (χ1v) is 14.9. The summed E-state index contributed by atoms with van der Waals surface area (Å²) >= 11 is 7.45. The Morgan fingerprint density at radius 3 is 2.52 bits per heavy atom. The molecule has 1 atom stereocenters. The molecule has 0 bridgehead atoms. The molecule has 0 unspecified atom stereocenters. The summed E-state index contributed by atoms with van der Waals surface area (Å²) in [6.45, 7) is 3.65. The van der Waals surface area contributed by atoms with Gasteiger partial charge in [-0.1, -0.05) is 30.3 Å². The number of rotatable bonds is 12. The van der Waals surface area contributed by atoms with E-state index in [0.29, 0.717) is 33.4 Å². The monoisotopic (exact) mass is 728 g/mol. The minimum Gasteiger partial charge on any atom is -0.488 e. The van der Waals surface area contributed by atoms with E-state index < -0.39 is 23.9 Å². The van der Waals surface area contributed by atoms with Gasteiger partial charge in [-0.05, 0) is 96.2 Å². The number of hydrazone groups is 1. The zero-order valence-electron chi connectivity index (χ0n) is 23.8. The number of halogens is 1. The van der Waals surface area contributed by atoms with E-state index in [1.54, 1.807) is 62.4 Å². The Bertz CT molecular complexity index is 1630. The highest BCUT2D eigenvalue weighted by Gasteiger charge is 2.32. The second kappa shape index (κ2) is 15.3. The summed E-state index contributed by atoms with van der Waals surface area (Å²) in [5, 5.41) is 19.4. The van der Waals surface area contributed by atoms with Crippen molar-refractivity contribution in [1.29, 1.82) is 0 Å². The van der Waals surface area contributed by atoms with Crippen molar-refractivity contribution in [3.8, 4) is 11.5 Å². The van der Waals surface area contributed by atoms with Crippen molar-refractivity contribution in [3.63, 3.8) is 0 Å². The second-order valence-corrected chi connectivity index (χ2v) is 11.0. The van der Waals surface area contributed by atoms with E-state index in [2.05, 4.69) is 43.8 Å². The Morgan fingerprint density at radius 2 is 1.82 bits per heavy atom. The van der Waals surface area contributed by atoms with Crippen LogP contribution >= 0.6 is 34.8 Å². The number of carboxylic acid groups (broad SMARTS) is 1. The van der Waals surface area contributed by atoms with E-state index in [1.165, 1.54) is 18.3 Å². The number of hydrogen-bond donors (Lipinski definition) is 4. The maximum absolute atomic E-state index is 12.7. The first kappa shape index (κ1) is 32.4. The number of allylic oxidation sites excluding steroid dienone is 1. The highest BCUT2D eigenvalue weighted by atomic mass is 127. The van der Waals surface area contributed by atoms with Crippen LogP contribution in [0.3, 0.4) is 0 Å². The lowest BCUT2D eigenvalue weighted by Crippen LogP contribution is -2.45. The van der Waals surface area contributed by atoms with Crippen LogP contribution in [0.5, 0.6) is 11.5 Å². The highest BCUT2D eigenvalue weighted by Crippen LogP contribution is 2.33. The molecule has 0 aliphatic carbocycles. The van der Waals surface area contributed by atoms with Gasteiger partial charge in [0.25, 0.3) is 5.91 Å². The highest BCUT2D eigenvalue weighted by molar-refractivity contribution is 14.1. The van der Waals surface area contributed by atoms with Crippen LogP contribution in [0.1, 0.15) is 46.9 Å². The van der Waals surface area contributed by atoms with Crippen molar-refractivity contribution < 1.29 is 33.7 Å². The molecule has 0 aromatic heterocycles. The SMILES string of the molecule is CCOC(=O)C1=C(C)NC(=S)N[C@H]1c1ccccc1OCC(=O)NN=Cc1ccc(OCc2ccc(C(=O)O)cc2)c(I)c1. The zero-order valence-corrected chi connectivity index (χ0v) is 26.7. The van der Waals surface area contributed by atoms with Crippen LogP contribution < -0.4 is 25.5 Å². The number of carboxylic acids is 1. The largest absolute Gasteiger partial charge is 0.488 e. The Balaban J connectivity index is 1.33. The Morgan fingerprint density at radius 1 is 1.07 bits per heavy atom. The van der Waals surface area contributed by atoms with Gasteiger partial charge >= 0.3 is 11.9 Å². The number of amides is 1. The van der Waals surface area contributed by atoms with Crippen LogP contribution in [-0.2, 0) is 20.9 Å². The zero-order chi connectivity index (χ0) is 31.6. The number of para-hydroxylation sites is 1. The second-order valence-electron chi connectivity index (χ2n) is 9.39. The fourth-order valence-electron chi connectivity index (χ4n) is 4.23. The molecule has 3 aromatic carbocycles. The third kappa shape index (κ3) is 8.54. The van der Waals surface area contributed by atoms with Gasteiger partial charge in [-0.15, -0.1) is 0 Å². The molecule has 0 spiro atoms. The van der Waals surface area contributed by atoms with Gasteiger partial charge < -0.3 is 30.0 Å². The molecule has 1 heterocycles. The minimum absolute atomic E-state index is 0.215. The summed E-state index contributed by atoms with van der Waals surface area (Å²) in [5.41, 5.74) is 5.79. The number of ether oxygens (including phenoxy) is 3. The maximum atomic E-state index is 12.7. The standard InChI is InChI=1S/C31H29IN4O7S/c1-3-41-30(40)27-18(2)34-31(44)35-28(27)22-6-4-5-7-24(22)43-17-26(37)36-33-15-20-10-13-25(23(32)14-20)42-16-19-8-11-21(12-9-19)29(38)39/h4-15,28H,3,16-17H2,1-2H3,(H,36,37)(H,38,39)(H2,34,35,44)/t28-/m0/s1. The number of carbonyl (C=O) groups excluding carboxylic acids is 2. The van der Waals surface area contributed by atoms with Crippen LogP contribution in [0.25, 0.3) is 0 Å². The van der Waals surface area contributed by atoms with E-state index in [-0.39, 0.29) is 25.4 Å². The molecule has 4 rings (SSSR count). The molecule has 4 N–H and O–H groups in total. The lowest BCUT2D eigenvalue weighted by atomic mass is 9.95. The Kier molecular flexibility index (Phi) is 11.3. The summed E-state index contributed by atoms with van der Waals surface area (Å²) in [4.78, 5) is 36.3. The quantitative estimate of drug-likeness (QED) is 0.0694. The topological polar surface area (TPSA) is 148 Å². The molecular formula is C31H29IN4O7S. The molecule has 0 saturated heterocycles. The normalized spacial score (nSPS) is 14.4. The molecule has 13 heteroatoms. The van der Waals surface area contributed by atoms with Gasteiger partial charge in [0, 0.05) is 11.3 Å². The van der Waals surface area contributed by atoms with Gasteiger partial charge in [-0.25, -0.2) is 15.0 Å². The van der Waals surface area contributed by atoms with Gasteiger partial charge in [-0.2, -0.15) is 5.10 Å².